The van der Waals surface area contributed by atoms with Crippen LogP contribution in [0, 0.1) is 0 Å². The van der Waals surface area contributed by atoms with E-state index in [0.29, 0.717) is 12.1 Å². The molecule has 0 bridgehead atoms. The standard InChI is InChI=1S/C14H21BrN2/c1-11-9-17(10-12(2)16(11)3)14-7-5-4-6-13(14)8-15/h4-7,11-12H,8-10H2,1-3H3. The minimum Gasteiger partial charge on any atom is -0.368 e. The number of para-hydroxylation sites is 1. The lowest BCUT2D eigenvalue weighted by Gasteiger charge is -2.44. The van der Waals surface area contributed by atoms with Gasteiger partial charge in [-0.1, -0.05) is 34.1 Å². The molecule has 1 heterocycles. The molecular weight excluding hydrogens is 276 g/mol. The highest BCUT2D eigenvalue weighted by Gasteiger charge is 2.27. The lowest BCUT2D eigenvalue weighted by atomic mass is 10.1. The average Bonchev–Trinajstić information content (AvgIpc) is 2.35. The van der Waals surface area contributed by atoms with Crippen molar-refractivity contribution in [2.24, 2.45) is 0 Å². The van der Waals surface area contributed by atoms with Crippen LogP contribution in [-0.2, 0) is 5.33 Å². The average molecular weight is 297 g/mol. The smallest absolute Gasteiger partial charge is 0.0408 e. The second-order valence-corrected chi connectivity index (χ2v) is 5.59. The molecule has 0 saturated carbocycles. The van der Waals surface area contributed by atoms with Gasteiger partial charge in [-0.2, -0.15) is 0 Å². The molecule has 1 aliphatic heterocycles. The van der Waals surface area contributed by atoms with Crippen molar-refractivity contribution in [2.75, 3.05) is 25.0 Å². The zero-order chi connectivity index (χ0) is 12.4. The maximum atomic E-state index is 3.58. The molecule has 2 atom stereocenters. The Morgan fingerprint density at radius 1 is 1.18 bits per heavy atom. The van der Waals surface area contributed by atoms with Gasteiger partial charge in [0.2, 0.25) is 0 Å². The molecular formula is C14H21BrN2. The number of alkyl halides is 1. The zero-order valence-corrected chi connectivity index (χ0v) is 12.4. The highest BCUT2D eigenvalue weighted by atomic mass is 79.9. The first-order valence-corrected chi connectivity index (χ1v) is 7.36. The third kappa shape index (κ3) is 2.66. The Morgan fingerprint density at radius 3 is 2.35 bits per heavy atom. The van der Waals surface area contributed by atoms with Crippen molar-refractivity contribution in [3.05, 3.63) is 29.8 Å². The molecule has 2 nitrogen and oxygen atoms in total. The normalized spacial score (nSPS) is 26.2. The molecule has 1 saturated heterocycles. The molecule has 1 aromatic carbocycles. The number of piperazine rings is 1. The van der Waals surface area contributed by atoms with Gasteiger partial charge in [-0.05, 0) is 32.5 Å². The summed E-state index contributed by atoms with van der Waals surface area (Å²) in [5.41, 5.74) is 2.77. The van der Waals surface area contributed by atoms with Crippen LogP contribution in [0.2, 0.25) is 0 Å². The summed E-state index contributed by atoms with van der Waals surface area (Å²) in [5, 5.41) is 0.929. The van der Waals surface area contributed by atoms with Gasteiger partial charge in [0, 0.05) is 36.2 Å². The van der Waals surface area contributed by atoms with Crippen LogP contribution in [0.4, 0.5) is 5.69 Å². The highest BCUT2D eigenvalue weighted by Crippen LogP contribution is 2.26. The highest BCUT2D eigenvalue weighted by molar-refractivity contribution is 9.08. The van der Waals surface area contributed by atoms with E-state index in [2.05, 4.69) is 70.9 Å². The lowest BCUT2D eigenvalue weighted by Crippen LogP contribution is -2.55. The number of hydrogen-bond donors (Lipinski definition) is 0. The Labute approximate surface area is 113 Å². The van der Waals surface area contributed by atoms with Crippen molar-refractivity contribution in [3.63, 3.8) is 0 Å². The van der Waals surface area contributed by atoms with Gasteiger partial charge >= 0.3 is 0 Å². The topological polar surface area (TPSA) is 6.48 Å². The summed E-state index contributed by atoms with van der Waals surface area (Å²) < 4.78 is 0. The van der Waals surface area contributed by atoms with Gasteiger partial charge in [-0.25, -0.2) is 0 Å². The molecule has 94 valence electrons. The molecule has 0 aromatic heterocycles. The molecule has 0 radical (unpaired) electrons. The molecule has 2 rings (SSSR count). The fraction of sp³-hybridized carbons (Fsp3) is 0.571. The first-order chi connectivity index (χ1) is 8.13. The van der Waals surface area contributed by atoms with Crippen LogP contribution in [0.25, 0.3) is 0 Å². The molecule has 1 aliphatic rings. The Morgan fingerprint density at radius 2 is 1.76 bits per heavy atom. The number of halogens is 1. The van der Waals surface area contributed by atoms with Gasteiger partial charge < -0.3 is 4.90 Å². The monoisotopic (exact) mass is 296 g/mol. The molecule has 1 aromatic rings. The van der Waals surface area contributed by atoms with Crippen molar-refractivity contribution in [2.45, 2.75) is 31.3 Å². The molecule has 1 fully saturated rings. The van der Waals surface area contributed by atoms with Crippen LogP contribution in [-0.4, -0.2) is 37.1 Å². The van der Waals surface area contributed by atoms with E-state index < -0.39 is 0 Å². The van der Waals surface area contributed by atoms with E-state index in [-0.39, 0.29) is 0 Å². The first-order valence-electron chi connectivity index (χ1n) is 6.24. The molecule has 0 spiro atoms. The van der Waals surface area contributed by atoms with Gasteiger partial charge in [-0.3, -0.25) is 4.90 Å². The van der Waals surface area contributed by atoms with Crippen LogP contribution in [0.15, 0.2) is 24.3 Å². The minimum absolute atomic E-state index is 0.613. The number of likely N-dealkylation sites (N-methyl/N-ethyl adjacent to an activating group) is 1. The van der Waals surface area contributed by atoms with Crippen LogP contribution in [0.3, 0.4) is 0 Å². The van der Waals surface area contributed by atoms with E-state index in [1.165, 1.54) is 11.3 Å². The summed E-state index contributed by atoms with van der Waals surface area (Å²) in [6, 6.07) is 9.92. The van der Waals surface area contributed by atoms with Crippen LogP contribution < -0.4 is 4.90 Å². The van der Waals surface area contributed by atoms with Gasteiger partial charge in [0.1, 0.15) is 0 Å². The summed E-state index contributed by atoms with van der Waals surface area (Å²) in [5.74, 6) is 0. The van der Waals surface area contributed by atoms with Crippen molar-refractivity contribution >= 4 is 21.6 Å². The molecule has 0 aliphatic carbocycles. The van der Waals surface area contributed by atoms with Gasteiger partial charge in [0.25, 0.3) is 0 Å². The number of benzene rings is 1. The summed E-state index contributed by atoms with van der Waals surface area (Å²) >= 11 is 3.58. The van der Waals surface area contributed by atoms with Crippen molar-refractivity contribution in [3.8, 4) is 0 Å². The third-order valence-electron chi connectivity index (χ3n) is 3.84. The molecule has 17 heavy (non-hydrogen) atoms. The van der Waals surface area contributed by atoms with E-state index in [9.17, 15) is 0 Å². The van der Waals surface area contributed by atoms with E-state index in [0.717, 1.165) is 18.4 Å². The van der Waals surface area contributed by atoms with Crippen LogP contribution >= 0.6 is 15.9 Å². The summed E-state index contributed by atoms with van der Waals surface area (Å²) in [4.78, 5) is 4.99. The van der Waals surface area contributed by atoms with Gasteiger partial charge in [0.15, 0.2) is 0 Å². The number of rotatable bonds is 2. The van der Waals surface area contributed by atoms with Crippen molar-refractivity contribution < 1.29 is 0 Å². The molecule has 0 amide bonds. The number of nitrogens with zero attached hydrogens (tertiary/aromatic N) is 2. The maximum absolute atomic E-state index is 3.58. The Kier molecular flexibility index (Phi) is 4.10. The predicted octanol–water partition coefficient (Wildman–Crippen LogP) is 3.11. The molecule has 2 unspecified atom stereocenters. The fourth-order valence-electron chi connectivity index (χ4n) is 2.53. The zero-order valence-electron chi connectivity index (χ0n) is 10.9. The van der Waals surface area contributed by atoms with E-state index in [1.54, 1.807) is 0 Å². The lowest BCUT2D eigenvalue weighted by molar-refractivity contribution is 0.170. The summed E-state index contributed by atoms with van der Waals surface area (Å²) in [7, 11) is 2.23. The largest absolute Gasteiger partial charge is 0.368 e. The number of hydrogen-bond acceptors (Lipinski definition) is 2. The van der Waals surface area contributed by atoms with Gasteiger partial charge in [0.05, 0.1) is 0 Å². The van der Waals surface area contributed by atoms with Crippen molar-refractivity contribution in [1.29, 1.82) is 0 Å². The predicted molar refractivity (Wildman–Crippen MR) is 78.0 cm³/mol. The third-order valence-corrected chi connectivity index (χ3v) is 4.44. The Hall–Kier alpha value is -0.540. The Balaban J connectivity index is 2.22. The maximum Gasteiger partial charge on any atom is 0.0408 e. The first kappa shape index (κ1) is 12.9. The molecule has 3 heteroatoms. The summed E-state index contributed by atoms with van der Waals surface area (Å²) in [6.07, 6.45) is 0. The SMILES string of the molecule is CC1CN(c2ccccc2CBr)CC(C)N1C. The Bertz CT molecular complexity index is 368. The van der Waals surface area contributed by atoms with E-state index >= 15 is 0 Å². The minimum atomic E-state index is 0.613. The quantitative estimate of drug-likeness (QED) is 0.774. The molecule has 0 N–H and O–H groups in total. The van der Waals surface area contributed by atoms with E-state index in [4.69, 9.17) is 0 Å². The van der Waals surface area contributed by atoms with Crippen molar-refractivity contribution in [1.82, 2.24) is 4.90 Å². The number of anilines is 1. The second kappa shape index (κ2) is 5.40. The van der Waals surface area contributed by atoms with Crippen LogP contribution in [0.5, 0.6) is 0 Å². The van der Waals surface area contributed by atoms with Crippen LogP contribution in [0.1, 0.15) is 19.4 Å². The van der Waals surface area contributed by atoms with E-state index in [1.807, 2.05) is 0 Å². The second-order valence-electron chi connectivity index (χ2n) is 5.03. The fourth-order valence-corrected chi connectivity index (χ4v) is 3.01. The summed E-state index contributed by atoms with van der Waals surface area (Å²) in [6.45, 7) is 6.84. The van der Waals surface area contributed by atoms with Gasteiger partial charge in [-0.15, -0.1) is 0 Å².